The fourth-order valence-corrected chi connectivity index (χ4v) is 4.59. The van der Waals surface area contributed by atoms with Gasteiger partial charge in [-0.1, -0.05) is 174 Å². The van der Waals surface area contributed by atoms with Gasteiger partial charge in [0.1, 0.15) is 0 Å². The number of hydrogen-bond donors (Lipinski definition) is 1. The van der Waals surface area contributed by atoms with Gasteiger partial charge >= 0.3 is 5.97 Å². The first-order valence-electron chi connectivity index (χ1n) is 16.8. The van der Waals surface area contributed by atoms with Crippen LogP contribution in [0.3, 0.4) is 0 Å². The monoisotopic (exact) mass is 544 g/mol. The molecule has 38 heavy (non-hydrogen) atoms. The lowest BCUT2D eigenvalue weighted by atomic mass is 10.0. The van der Waals surface area contributed by atoms with Crippen LogP contribution in [0.4, 0.5) is 0 Å². The van der Waals surface area contributed by atoms with Crippen LogP contribution in [0.1, 0.15) is 194 Å². The van der Waals surface area contributed by atoms with Crippen LogP contribution in [0.2, 0.25) is 0 Å². The Kier molecular flexibility index (Phi) is 47.9. The quantitative estimate of drug-likeness (QED) is 0.0997. The molecule has 4 heteroatoms. The highest BCUT2D eigenvalue weighted by Gasteiger charge is 1.97. The van der Waals surface area contributed by atoms with E-state index < -0.39 is 5.97 Å². The molecule has 0 aromatic carbocycles. The topological polar surface area (TPSA) is 66.4 Å². The number of methoxy groups -OCH3 is 1. The fraction of sp³-hybridized carbons (Fsp3) is 0.971. The number of rotatable bonds is 28. The van der Waals surface area contributed by atoms with Crippen molar-refractivity contribution in [3.8, 4) is 0 Å². The Labute approximate surface area is 240 Å². The number of carboxylic acid groups (broad SMARTS) is 1. The average Bonchev–Trinajstić information content (AvgIpc) is 2.90. The summed E-state index contributed by atoms with van der Waals surface area (Å²) in [6, 6.07) is 0. The molecule has 1 radical (unpaired) electrons. The Balaban J connectivity index is -0.000000584. The van der Waals surface area contributed by atoms with Gasteiger partial charge in [-0.05, 0) is 12.8 Å². The van der Waals surface area contributed by atoms with Crippen LogP contribution in [-0.4, -0.2) is 31.9 Å². The second-order valence-corrected chi connectivity index (χ2v) is 11.1. The third-order valence-corrected chi connectivity index (χ3v) is 6.99. The molecule has 0 aliphatic rings. The van der Waals surface area contributed by atoms with Crippen LogP contribution in [-0.2, 0) is 14.6 Å². The van der Waals surface area contributed by atoms with Gasteiger partial charge in [-0.25, -0.2) is 5.11 Å². The first-order valence-corrected chi connectivity index (χ1v) is 16.8. The molecule has 0 heterocycles. The van der Waals surface area contributed by atoms with Gasteiger partial charge in [-0.15, -0.1) is 0 Å². The molecular weight excluding hydrogens is 472 g/mol. The number of hydrogen-bond acceptors (Lipinski definition) is 2. The maximum Gasteiger partial charge on any atom is 0.303 e. The van der Waals surface area contributed by atoms with Crippen molar-refractivity contribution in [1.82, 2.24) is 0 Å². The Bertz CT molecular complexity index is 373. The maximum absolute atomic E-state index is 10.3. The molecule has 231 valence electrons. The van der Waals surface area contributed by atoms with Crippen LogP contribution in [0.25, 0.3) is 0 Å². The van der Waals surface area contributed by atoms with E-state index in [0.717, 1.165) is 25.7 Å². The lowest BCUT2D eigenvalue weighted by molar-refractivity contribution is -0.137. The minimum Gasteiger partial charge on any atom is -0.481 e. The SMILES string of the molecule is CCCCCCCCCCCCCCCC(=O)O.CCCCCCCCCCCCCCCC[O].COC. The zero-order valence-corrected chi connectivity index (χ0v) is 26.7. The van der Waals surface area contributed by atoms with Crippen molar-refractivity contribution >= 4 is 5.97 Å². The highest BCUT2D eigenvalue weighted by Crippen LogP contribution is 2.14. The number of unbranched alkanes of at least 4 members (excludes halogenated alkanes) is 25. The Hall–Kier alpha value is -0.610. The summed E-state index contributed by atoms with van der Waals surface area (Å²) >= 11 is 0. The fourth-order valence-electron chi connectivity index (χ4n) is 4.59. The van der Waals surface area contributed by atoms with Gasteiger partial charge in [0.05, 0.1) is 6.61 Å². The van der Waals surface area contributed by atoms with Gasteiger partial charge in [0.25, 0.3) is 0 Å². The van der Waals surface area contributed by atoms with Crippen molar-refractivity contribution in [3.05, 3.63) is 0 Å². The van der Waals surface area contributed by atoms with Crippen molar-refractivity contribution in [2.24, 2.45) is 0 Å². The Morgan fingerprint density at radius 3 is 0.868 bits per heavy atom. The second kappa shape index (κ2) is 43.4. The summed E-state index contributed by atoms with van der Waals surface area (Å²) in [6.07, 6.45) is 36.1. The van der Waals surface area contributed by atoms with E-state index in [1.54, 1.807) is 14.2 Å². The zero-order valence-electron chi connectivity index (χ0n) is 26.7. The number of carbonyl (C=O) groups is 1. The highest BCUT2D eigenvalue weighted by molar-refractivity contribution is 5.66. The second-order valence-electron chi connectivity index (χ2n) is 11.1. The standard InChI is InChI=1S/C16H32O2.C16H33O.C2H6O/c1-2-3-4-5-6-7-8-9-10-11-12-13-14-15-16(17)18;1-2-3-4-5-6-7-8-9-10-11-12-13-14-15-16-17;1-3-2/h2-15H2,1H3,(H,17,18);2-16H2,1H3;1-2H3. The number of ether oxygens (including phenoxy) is 1. The minimum atomic E-state index is -0.655. The van der Waals surface area contributed by atoms with Crippen LogP contribution in [0, 0.1) is 0 Å². The zero-order chi connectivity index (χ0) is 28.8. The third kappa shape index (κ3) is 51.9. The number of carboxylic acids is 1. The lowest BCUT2D eigenvalue weighted by Gasteiger charge is -2.02. The lowest BCUT2D eigenvalue weighted by Crippen LogP contribution is -1.93. The highest BCUT2D eigenvalue weighted by atomic mass is 16.4. The van der Waals surface area contributed by atoms with E-state index in [1.165, 1.54) is 148 Å². The largest absolute Gasteiger partial charge is 0.481 e. The molecule has 0 aliphatic carbocycles. The Morgan fingerprint density at radius 1 is 0.447 bits per heavy atom. The molecule has 0 unspecified atom stereocenters. The first kappa shape index (κ1) is 41.9. The van der Waals surface area contributed by atoms with Crippen LogP contribution >= 0.6 is 0 Å². The molecular formula is C34H71O4. The van der Waals surface area contributed by atoms with Crippen LogP contribution in [0.15, 0.2) is 0 Å². The van der Waals surface area contributed by atoms with E-state index in [-0.39, 0.29) is 6.61 Å². The van der Waals surface area contributed by atoms with Gasteiger partial charge in [0.2, 0.25) is 0 Å². The van der Waals surface area contributed by atoms with Crippen molar-refractivity contribution in [2.45, 2.75) is 194 Å². The van der Waals surface area contributed by atoms with Crippen molar-refractivity contribution in [1.29, 1.82) is 0 Å². The smallest absolute Gasteiger partial charge is 0.303 e. The van der Waals surface area contributed by atoms with E-state index >= 15 is 0 Å². The summed E-state index contributed by atoms with van der Waals surface area (Å²) in [5.74, 6) is -0.655. The predicted molar refractivity (Wildman–Crippen MR) is 167 cm³/mol. The molecule has 1 N–H and O–H groups in total. The molecule has 0 fully saturated rings. The molecule has 0 aromatic rings. The number of aliphatic carboxylic acids is 1. The maximum atomic E-state index is 10.3. The van der Waals surface area contributed by atoms with E-state index in [2.05, 4.69) is 18.6 Å². The average molecular weight is 544 g/mol. The molecule has 0 aromatic heterocycles. The molecule has 0 bridgehead atoms. The van der Waals surface area contributed by atoms with E-state index in [1.807, 2.05) is 0 Å². The summed E-state index contributed by atoms with van der Waals surface area (Å²) in [7, 11) is 3.25. The molecule has 0 atom stereocenters. The van der Waals surface area contributed by atoms with E-state index in [9.17, 15) is 9.90 Å². The van der Waals surface area contributed by atoms with Gasteiger partial charge in [0.15, 0.2) is 0 Å². The summed E-state index contributed by atoms with van der Waals surface area (Å²) in [5.41, 5.74) is 0. The molecule has 0 saturated heterocycles. The predicted octanol–water partition coefficient (Wildman–Crippen LogP) is 11.7. The molecule has 0 rings (SSSR count). The first-order chi connectivity index (χ1) is 18.6. The Morgan fingerprint density at radius 2 is 0.658 bits per heavy atom. The van der Waals surface area contributed by atoms with Crippen LogP contribution in [0.5, 0.6) is 0 Å². The van der Waals surface area contributed by atoms with E-state index in [4.69, 9.17) is 5.11 Å². The molecule has 0 aliphatic heterocycles. The van der Waals surface area contributed by atoms with E-state index in [0.29, 0.717) is 6.42 Å². The molecule has 0 saturated carbocycles. The van der Waals surface area contributed by atoms with Gasteiger partial charge in [0, 0.05) is 20.6 Å². The molecule has 0 amide bonds. The van der Waals surface area contributed by atoms with Crippen molar-refractivity contribution in [3.63, 3.8) is 0 Å². The third-order valence-electron chi connectivity index (χ3n) is 6.99. The molecule has 0 spiro atoms. The summed E-state index contributed by atoms with van der Waals surface area (Å²) < 4.78 is 4.25. The summed E-state index contributed by atoms with van der Waals surface area (Å²) in [4.78, 5) is 10.3. The van der Waals surface area contributed by atoms with Gasteiger partial charge in [-0.2, -0.15) is 0 Å². The van der Waals surface area contributed by atoms with Gasteiger partial charge < -0.3 is 9.84 Å². The molecule has 4 nitrogen and oxygen atoms in total. The normalized spacial score (nSPS) is 10.4. The van der Waals surface area contributed by atoms with Crippen LogP contribution < -0.4 is 0 Å². The summed E-state index contributed by atoms with van der Waals surface area (Å²) in [5, 5.41) is 18.7. The van der Waals surface area contributed by atoms with Crippen molar-refractivity contribution in [2.75, 3.05) is 20.8 Å². The summed E-state index contributed by atoms with van der Waals surface area (Å²) in [6.45, 7) is 4.66. The minimum absolute atomic E-state index is 0.123. The van der Waals surface area contributed by atoms with Gasteiger partial charge in [-0.3, -0.25) is 4.79 Å². The van der Waals surface area contributed by atoms with Crippen molar-refractivity contribution < 1.29 is 19.7 Å².